The Morgan fingerprint density at radius 3 is 2.82 bits per heavy atom. The first-order valence-electron chi connectivity index (χ1n) is 6.53. The smallest absolute Gasteiger partial charge is 0.117 e. The van der Waals surface area contributed by atoms with Gasteiger partial charge in [-0.15, -0.1) is 0 Å². The molecule has 0 spiro atoms. The van der Waals surface area contributed by atoms with Gasteiger partial charge in [-0.25, -0.2) is 0 Å². The zero-order valence-electron chi connectivity index (χ0n) is 10.7. The minimum atomic E-state index is 0.347. The van der Waals surface area contributed by atoms with Crippen LogP contribution in [0.15, 0.2) is 18.2 Å². The molecule has 0 bridgehead atoms. The van der Waals surface area contributed by atoms with Gasteiger partial charge in [0.05, 0.1) is 0 Å². The van der Waals surface area contributed by atoms with Gasteiger partial charge in [-0.1, -0.05) is 19.9 Å². The summed E-state index contributed by atoms with van der Waals surface area (Å²) in [5.41, 5.74) is 2.42. The summed E-state index contributed by atoms with van der Waals surface area (Å²) in [5, 5.41) is 13.0. The van der Waals surface area contributed by atoms with Crippen LogP contribution in [0.1, 0.15) is 25.8 Å². The summed E-state index contributed by atoms with van der Waals surface area (Å²) in [6, 6.07) is 6.13. The van der Waals surface area contributed by atoms with Gasteiger partial charge < -0.3 is 15.3 Å². The summed E-state index contributed by atoms with van der Waals surface area (Å²) in [5.74, 6) is 0.347. The van der Waals surface area contributed by atoms with Gasteiger partial charge >= 0.3 is 0 Å². The van der Waals surface area contributed by atoms with Crippen LogP contribution in [0.3, 0.4) is 0 Å². The fourth-order valence-corrected chi connectivity index (χ4v) is 2.47. The number of hydrogen-bond donors (Lipinski definition) is 2. The van der Waals surface area contributed by atoms with E-state index in [2.05, 4.69) is 24.1 Å². The lowest BCUT2D eigenvalue weighted by atomic mass is 9.97. The molecule has 3 nitrogen and oxygen atoms in total. The van der Waals surface area contributed by atoms with Crippen molar-refractivity contribution in [3.8, 4) is 5.75 Å². The molecule has 0 radical (unpaired) electrons. The van der Waals surface area contributed by atoms with E-state index < -0.39 is 0 Å². The first kappa shape index (κ1) is 12.2. The number of phenols is 1. The number of nitrogens with zero attached hydrogens (tertiary/aromatic N) is 1. The molecule has 0 saturated carbocycles. The molecule has 3 heteroatoms. The average molecular weight is 234 g/mol. The highest BCUT2D eigenvalue weighted by molar-refractivity contribution is 5.57. The number of nitrogens with one attached hydrogen (secondary N) is 1. The molecule has 0 fully saturated rings. The van der Waals surface area contributed by atoms with Crippen LogP contribution in [0.5, 0.6) is 5.75 Å². The lowest BCUT2D eigenvalue weighted by molar-refractivity contribution is 0.283. The Morgan fingerprint density at radius 1 is 1.35 bits per heavy atom. The van der Waals surface area contributed by atoms with E-state index in [9.17, 15) is 5.11 Å². The number of aryl methyl sites for hydroxylation is 1. The lowest BCUT2D eigenvalue weighted by Gasteiger charge is -2.31. The molecular formula is C14H22N2O. The molecule has 1 aromatic carbocycles. The summed E-state index contributed by atoms with van der Waals surface area (Å²) in [6.45, 7) is 7.68. The van der Waals surface area contributed by atoms with Crippen LogP contribution in [0, 0.1) is 0 Å². The van der Waals surface area contributed by atoms with Gasteiger partial charge in [0.2, 0.25) is 0 Å². The number of rotatable bonds is 4. The Hall–Kier alpha value is -1.22. The van der Waals surface area contributed by atoms with Crippen molar-refractivity contribution in [1.29, 1.82) is 0 Å². The maximum atomic E-state index is 9.50. The SMILES string of the molecule is CCN(CC)CC1CCc2ccc(O)cc2N1. The summed E-state index contributed by atoms with van der Waals surface area (Å²) in [7, 11) is 0. The Labute approximate surface area is 103 Å². The zero-order chi connectivity index (χ0) is 12.3. The molecule has 94 valence electrons. The fourth-order valence-electron chi connectivity index (χ4n) is 2.47. The summed E-state index contributed by atoms with van der Waals surface area (Å²) in [4.78, 5) is 2.44. The van der Waals surface area contributed by atoms with Gasteiger partial charge in [-0.05, 0) is 37.6 Å². The van der Waals surface area contributed by atoms with Crippen molar-refractivity contribution < 1.29 is 5.11 Å². The standard InChI is InChI=1S/C14H22N2O/c1-3-16(4-2)10-12-7-5-11-6-8-13(17)9-14(11)15-12/h6,8-9,12,15,17H,3-5,7,10H2,1-2H3. The Bertz CT molecular complexity index is 374. The highest BCUT2D eigenvalue weighted by Crippen LogP contribution is 2.28. The molecular weight excluding hydrogens is 212 g/mol. The van der Waals surface area contributed by atoms with Crippen molar-refractivity contribution in [1.82, 2.24) is 4.90 Å². The van der Waals surface area contributed by atoms with Gasteiger partial charge in [-0.3, -0.25) is 0 Å². The highest BCUT2D eigenvalue weighted by atomic mass is 16.3. The van der Waals surface area contributed by atoms with E-state index in [0.29, 0.717) is 11.8 Å². The number of aromatic hydroxyl groups is 1. The molecule has 0 aromatic heterocycles. The van der Waals surface area contributed by atoms with E-state index in [4.69, 9.17) is 0 Å². The molecule has 0 aliphatic carbocycles. The maximum absolute atomic E-state index is 9.50. The minimum Gasteiger partial charge on any atom is -0.508 e. The van der Waals surface area contributed by atoms with Crippen molar-refractivity contribution >= 4 is 5.69 Å². The molecule has 0 amide bonds. The van der Waals surface area contributed by atoms with Gasteiger partial charge in [0.15, 0.2) is 0 Å². The second-order valence-electron chi connectivity index (χ2n) is 4.71. The third-order valence-electron chi connectivity index (χ3n) is 3.59. The molecule has 1 unspecified atom stereocenters. The topological polar surface area (TPSA) is 35.5 Å². The van der Waals surface area contributed by atoms with Gasteiger partial charge in [0, 0.05) is 24.3 Å². The van der Waals surface area contributed by atoms with Gasteiger partial charge in [0.1, 0.15) is 5.75 Å². The summed E-state index contributed by atoms with van der Waals surface area (Å²) in [6.07, 6.45) is 2.28. The third kappa shape index (κ3) is 2.91. The lowest BCUT2D eigenvalue weighted by Crippen LogP contribution is -2.38. The van der Waals surface area contributed by atoms with E-state index in [1.54, 1.807) is 6.07 Å². The Morgan fingerprint density at radius 2 is 2.12 bits per heavy atom. The van der Waals surface area contributed by atoms with Crippen LogP contribution < -0.4 is 5.32 Å². The Balaban J connectivity index is 2.02. The highest BCUT2D eigenvalue weighted by Gasteiger charge is 2.19. The van der Waals surface area contributed by atoms with Crippen LogP contribution in [0.25, 0.3) is 0 Å². The second-order valence-corrected chi connectivity index (χ2v) is 4.71. The van der Waals surface area contributed by atoms with Crippen LogP contribution in [-0.4, -0.2) is 35.7 Å². The van der Waals surface area contributed by atoms with Crippen molar-refractivity contribution in [3.05, 3.63) is 23.8 Å². The van der Waals surface area contributed by atoms with Crippen molar-refractivity contribution in [3.63, 3.8) is 0 Å². The first-order valence-corrected chi connectivity index (χ1v) is 6.53. The molecule has 1 aromatic rings. The van der Waals surface area contributed by atoms with E-state index in [1.807, 2.05) is 12.1 Å². The van der Waals surface area contributed by atoms with Crippen LogP contribution >= 0.6 is 0 Å². The largest absolute Gasteiger partial charge is 0.508 e. The molecule has 1 aliphatic rings. The summed E-state index contributed by atoms with van der Waals surface area (Å²) < 4.78 is 0. The number of phenolic OH excluding ortho intramolecular Hbond substituents is 1. The molecule has 1 atom stereocenters. The average Bonchev–Trinajstić information content (AvgIpc) is 2.35. The number of anilines is 1. The quantitative estimate of drug-likeness (QED) is 0.840. The number of likely N-dealkylation sites (N-methyl/N-ethyl adjacent to an activating group) is 1. The second kappa shape index (κ2) is 5.41. The van der Waals surface area contributed by atoms with Crippen molar-refractivity contribution in [2.75, 3.05) is 25.0 Å². The minimum absolute atomic E-state index is 0.347. The van der Waals surface area contributed by atoms with Crippen LogP contribution in [0.4, 0.5) is 5.69 Å². The maximum Gasteiger partial charge on any atom is 0.117 e. The first-order chi connectivity index (χ1) is 8.22. The van der Waals surface area contributed by atoms with Gasteiger partial charge in [0.25, 0.3) is 0 Å². The number of benzene rings is 1. The van der Waals surface area contributed by atoms with E-state index in [0.717, 1.165) is 31.7 Å². The molecule has 2 rings (SSSR count). The van der Waals surface area contributed by atoms with Crippen LogP contribution in [-0.2, 0) is 6.42 Å². The predicted octanol–water partition coefficient (Wildman–Crippen LogP) is 2.46. The van der Waals surface area contributed by atoms with E-state index in [1.165, 1.54) is 12.0 Å². The molecule has 17 heavy (non-hydrogen) atoms. The normalized spacial score (nSPS) is 18.9. The summed E-state index contributed by atoms with van der Waals surface area (Å²) >= 11 is 0. The monoisotopic (exact) mass is 234 g/mol. The van der Waals surface area contributed by atoms with E-state index >= 15 is 0 Å². The molecule has 2 N–H and O–H groups in total. The van der Waals surface area contributed by atoms with Crippen molar-refractivity contribution in [2.45, 2.75) is 32.7 Å². The van der Waals surface area contributed by atoms with Gasteiger partial charge in [-0.2, -0.15) is 0 Å². The fraction of sp³-hybridized carbons (Fsp3) is 0.571. The van der Waals surface area contributed by atoms with E-state index in [-0.39, 0.29) is 0 Å². The zero-order valence-corrected chi connectivity index (χ0v) is 10.7. The molecule has 1 aliphatic heterocycles. The predicted molar refractivity (Wildman–Crippen MR) is 71.6 cm³/mol. The molecule has 1 heterocycles. The molecule has 0 saturated heterocycles. The van der Waals surface area contributed by atoms with Crippen LogP contribution in [0.2, 0.25) is 0 Å². The number of hydrogen-bond acceptors (Lipinski definition) is 3. The Kier molecular flexibility index (Phi) is 3.89. The van der Waals surface area contributed by atoms with Crippen molar-refractivity contribution in [2.24, 2.45) is 0 Å². The number of fused-ring (bicyclic) bond motifs is 1. The third-order valence-corrected chi connectivity index (χ3v) is 3.59.